The average Bonchev–Trinajstić information content (AvgIpc) is 3.38. The Kier molecular flexibility index (Phi) is 4.94. The standard InChI is InChI=1S/C20H23N3O4/c1-13-9-17(27-22-13)10-15-11-26-12-18(15)21-20(25)14-4-6-16(7-5-14)23-8-2-3-19(23)24/h4-7,9,15,18H,2-3,8,10-12H2,1H3,(H,21,25)/t15-,18+/m1/s1. The third-order valence-corrected chi connectivity index (χ3v) is 5.17. The fourth-order valence-electron chi connectivity index (χ4n) is 3.70. The van der Waals surface area contributed by atoms with E-state index in [4.69, 9.17) is 9.26 Å². The van der Waals surface area contributed by atoms with Gasteiger partial charge >= 0.3 is 0 Å². The highest BCUT2D eigenvalue weighted by atomic mass is 16.5. The quantitative estimate of drug-likeness (QED) is 0.872. The smallest absolute Gasteiger partial charge is 0.251 e. The van der Waals surface area contributed by atoms with Crippen LogP contribution in [0.15, 0.2) is 34.9 Å². The average molecular weight is 369 g/mol. The lowest BCUT2D eigenvalue weighted by Gasteiger charge is -2.19. The Labute approximate surface area is 157 Å². The van der Waals surface area contributed by atoms with Crippen molar-refractivity contribution in [3.05, 3.63) is 47.3 Å². The molecular formula is C20H23N3O4. The third-order valence-electron chi connectivity index (χ3n) is 5.17. The molecule has 0 spiro atoms. The van der Waals surface area contributed by atoms with Gasteiger partial charge in [-0.1, -0.05) is 5.16 Å². The number of aromatic nitrogens is 1. The van der Waals surface area contributed by atoms with Crippen molar-refractivity contribution in [2.45, 2.75) is 32.2 Å². The molecule has 0 aliphatic carbocycles. The highest BCUT2D eigenvalue weighted by Gasteiger charge is 2.31. The predicted octanol–water partition coefficient (Wildman–Crippen LogP) is 2.10. The maximum atomic E-state index is 12.6. The molecule has 2 saturated heterocycles. The molecule has 1 aromatic heterocycles. The van der Waals surface area contributed by atoms with Crippen LogP contribution < -0.4 is 10.2 Å². The Bertz CT molecular complexity index is 830. The Morgan fingerprint density at radius 3 is 2.78 bits per heavy atom. The molecule has 1 N–H and O–H groups in total. The van der Waals surface area contributed by atoms with Crippen LogP contribution in [0.1, 0.15) is 34.7 Å². The van der Waals surface area contributed by atoms with Crippen LogP contribution in [0.2, 0.25) is 0 Å². The topological polar surface area (TPSA) is 84.7 Å². The molecular weight excluding hydrogens is 346 g/mol. The maximum absolute atomic E-state index is 12.6. The van der Waals surface area contributed by atoms with E-state index in [0.29, 0.717) is 31.6 Å². The summed E-state index contributed by atoms with van der Waals surface area (Å²) >= 11 is 0. The van der Waals surface area contributed by atoms with Crippen LogP contribution >= 0.6 is 0 Å². The number of carbonyl (C=O) groups is 2. The second-order valence-electron chi connectivity index (χ2n) is 7.21. The van der Waals surface area contributed by atoms with Crippen LogP contribution in [0, 0.1) is 12.8 Å². The lowest BCUT2D eigenvalue weighted by molar-refractivity contribution is -0.117. The number of rotatable bonds is 5. The lowest BCUT2D eigenvalue weighted by atomic mass is 9.98. The molecule has 2 aliphatic rings. The minimum absolute atomic E-state index is 0.0669. The van der Waals surface area contributed by atoms with Crippen molar-refractivity contribution in [1.29, 1.82) is 0 Å². The van der Waals surface area contributed by atoms with E-state index in [-0.39, 0.29) is 23.8 Å². The monoisotopic (exact) mass is 369 g/mol. The molecule has 0 unspecified atom stereocenters. The molecule has 27 heavy (non-hydrogen) atoms. The van der Waals surface area contributed by atoms with E-state index >= 15 is 0 Å². The van der Waals surface area contributed by atoms with Gasteiger partial charge in [-0.15, -0.1) is 0 Å². The van der Waals surface area contributed by atoms with Gasteiger partial charge in [0.1, 0.15) is 5.76 Å². The van der Waals surface area contributed by atoms with Crippen LogP contribution in [0.5, 0.6) is 0 Å². The van der Waals surface area contributed by atoms with Gasteiger partial charge < -0.3 is 19.5 Å². The number of amides is 2. The summed E-state index contributed by atoms with van der Waals surface area (Å²) < 4.78 is 10.8. The Morgan fingerprint density at radius 1 is 1.30 bits per heavy atom. The summed E-state index contributed by atoms with van der Waals surface area (Å²) in [5.41, 5.74) is 2.27. The van der Waals surface area contributed by atoms with Crippen molar-refractivity contribution in [2.75, 3.05) is 24.7 Å². The predicted molar refractivity (Wildman–Crippen MR) is 98.5 cm³/mol. The second kappa shape index (κ2) is 7.52. The molecule has 2 aromatic rings. The van der Waals surface area contributed by atoms with Gasteiger partial charge in [0.15, 0.2) is 0 Å². The van der Waals surface area contributed by atoms with Crippen molar-refractivity contribution in [2.24, 2.45) is 5.92 Å². The van der Waals surface area contributed by atoms with Gasteiger partial charge in [0.2, 0.25) is 5.91 Å². The first kappa shape index (κ1) is 17.7. The van der Waals surface area contributed by atoms with Gasteiger partial charge in [-0.3, -0.25) is 9.59 Å². The number of nitrogens with one attached hydrogen (secondary N) is 1. The first-order valence-corrected chi connectivity index (χ1v) is 9.31. The molecule has 1 aromatic carbocycles. The van der Waals surface area contributed by atoms with Crippen molar-refractivity contribution in [3.8, 4) is 0 Å². The zero-order valence-corrected chi connectivity index (χ0v) is 15.3. The molecule has 7 heteroatoms. The molecule has 0 bridgehead atoms. The summed E-state index contributed by atoms with van der Waals surface area (Å²) in [5, 5.41) is 6.97. The third kappa shape index (κ3) is 3.88. The van der Waals surface area contributed by atoms with E-state index in [1.807, 2.05) is 25.1 Å². The van der Waals surface area contributed by atoms with Gasteiger partial charge in [-0.25, -0.2) is 0 Å². The minimum Gasteiger partial charge on any atom is -0.379 e. The molecule has 2 aliphatic heterocycles. The van der Waals surface area contributed by atoms with Gasteiger partial charge in [-0.2, -0.15) is 0 Å². The van der Waals surface area contributed by atoms with Gasteiger partial charge in [0.05, 0.1) is 24.9 Å². The summed E-state index contributed by atoms with van der Waals surface area (Å²) in [5.74, 6) is 0.967. The summed E-state index contributed by atoms with van der Waals surface area (Å²) in [7, 11) is 0. The zero-order valence-electron chi connectivity index (χ0n) is 15.3. The van der Waals surface area contributed by atoms with Crippen molar-refractivity contribution < 1.29 is 18.8 Å². The number of carbonyl (C=O) groups excluding carboxylic acids is 2. The number of anilines is 1. The molecule has 0 radical (unpaired) electrons. The first-order valence-electron chi connectivity index (χ1n) is 9.31. The Balaban J connectivity index is 1.38. The van der Waals surface area contributed by atoms with E-state index in [0.717, 1.165) is 30.1 Å². The molecule has 142 valence electrons. The van der Waals surface area contributed by atoms with Crippen LogP contribution in [-0.4, -0.2) is 42.8 Å². The number of ether oxygens (including phenoxy) is 1. The van der Waals surface area contributed by atoms with E-state index < -0.39 is 0 Å². The van der Waals surface area contributed by atoms with Gasteiger partial charge in [-0.05, 0) is 37.6 Å². The number of nitrogens with zero attached hydrogens (tertiary/aromatic N) is 2. The van der Waals surface area contributed by atoms with Gasteiger partial charge in [0.25, 0.3) is 5.91 Å². The van der Waals surface area contributed by atoms with E-state index in [9.17, 15) is 9.59 Å². The summed E-state index contributed by atoms with van der Waals surface area (Å²) in [6.45, 7) is 3.70. The van der Waals surface area contributed by atoms with Crippen molar-refractivity contribution >= 4 is 17.5 Å². The number of hydrogen-bond acceptors (Lipinski definition) is 5. The van der Waals surface area contributed by atoms with E-state index in [1.54, 1.807) is 17.0 Å². The van der Waals surface area contributed by atoms with Gasteiger partial charge in [0, 0.05) is 42.6 Å². The first-order chi connectivity index (χ1) is 13.1. The summed E-state index contributed by atoms with van der Waals surface area (Å²) in [6.07, 6.45) is 2.16. The van der Waals surface area contributed by atoms with E-state index in [1.165, 1.54) is 0 Å². The molecule has 2 fully saturated rings. The summed E-state index contributed by atoms with van der Waals surface area (Å²) in [6, 6.07) is 9.04. The maximum Gasteiger partial charge on any atom is 0.251 e. The Hall–Kier alpha value is -2.67. The number of hydrogen-bond donors (Lipinski definition) is 1. The molecule has 7 nitrogen and oxygen atoms in total. The molecule has 2 atom stereocenters. The highest BCUT2D eigenvalue weighted by molar-refractivity contribution is 5.97. The SMILES string of the molecule is Cc1cc(C[C@@H]2COC[C@@H]2NC(=O)c2ccc(N3CCCC3=O)cc2)on1. The largest absolute Gasteiger partial charge is 0.379 e. The van der Waals surface area contributed by atoms with Crippen LogP contribution in [0.25, 0.3) is 0 Å². The fourth-order valence-corrected chi connectivity index (χ4v) is 3.70. The normalized spacial score (nSPS) is 22.4. The van der Waals surface area contributed by atoms with Crippen molar-refractivity contribution in [3.63, 3.8) is 0 Å². The fraction of sp³-hybridized carbons (Fsp3) is 0.450. The second-order valence-corrected chi connectivity index (χ2v) is 7.21. The highest BCUT2D eigenvalue weighted by Crippen LogP contribution is 2.23. The van der Waals surface area contributed by atoms with Crippen LogP contribution in [0.3, 0.4) is 0 Å². The molecule has 4 rings (SSSR count). The molecule has 3 heterocycles. The zero-order chi connectivity index (χ0) is 18.8. The molecule has 0 saturated carbocycles. The lowest BCUT2D eigenvalue weighted by Crippen LogP contribution is -2.40. The molecule has 2 amide bonds. The van der Waals surface area contributed by atoms with Crippen LogP contribution in [0.4, 0.5) is 5.69 Å². The van der Waals surface area contributed by atoms with Crippen molar-refractivity contribution in [1.82, 2.24) is 10.5 Å². The Morgan fingerprint density at radius 2 is 2.11 bits per heavy atom. The summed E-state index contributed by atoms with van der Waals surface area (Å²) in [4.78, 5) is 26.2. The van der Waals surface area contributed by atoms with Crippen LogP contribution in [-0.2, 0) is 16.0 Å². The number of aryl methyl sites for hydroxylation is 1. The minimum atomic E-state index is -0.136. The van der Waals surface area contributed by atoms with E-state index in [2.05, 4.69) is 10.5 Å². The number of benzene rings is 1.